The average Bonchev–Trinajstić information content (AvgIpc) is 2.45. The van der Waals surface area contributed by atoms with Gasteiger partial charge in [-0.15, -0.1) is 0 Å². The third-order valence-corrected chi connectivity index (χ3v) is 4.33. The molecule has 0 amide bonds. The predicted molar refractivity (Wildman–Crippen MR) is 89.1 cm³/mol. The first-order valence-electron chi connectivity index (χ1n) is 7.01. The van der Waals surface area contributed by atoms with Crippen LogP contribution in [-0.4, -0.2) is 10.2 Å². The zero-order chi connectivity index (χ0) is 15.6. The molecule has 0 spiro atoms. The Balaban J connectivity index is 2.48. The van der Waals surface area contributed by atoms with Crippen LogP contribution in [0.15, 0.2) is 53.0 Å². The minimum atomic E-state index is -0.770. The molecule has 2 rings (SSSR count). The highest BCUT2D eigenvalue weighted by Crippen LogP contribution is 2.38. The van der Waals surface area contributed by atoms with Gasteiger partial charge in [0, 0.05) is 4.47 Å². The fraction of sp³-hybridized carbons (Fsp3) is 0.333. The van der Waals surface area contributed by atoms with E-state index in [4.69, 9.17) is 0 Å². The van der Waals surface area contributed by atoms with Crippen molar-refractivity contribution in [3.63, 3.8) is 0 Å². The highest BCUT2D eigenvalue weighted by Gasteiger charge is 2.28. The lowest BCUT2D eigenvalue weighted by Crippen LogP contribution is -2.20. The zero-order valence-corrected chi connectivity index (χ0v) is 14.1. The van der Waals surface area contributed by atoms with Crippen molar-refractivity contribution in [2.24, 2.45) is 5.41 Å². The minimum Gasteiger partial charge on any atom is -0.388 e. The van der Waals surface area contributed by atoms with E-state index in [0.717, 1.165) is 21.2 Å². The number of aliphatic hydroxyl groups is 2. The molecule has 0 aliphatic carbocycles. The van der Waals surface area contributed by atoms with Gasteiger partial charge in [0.25, 0.3) is 0 Å². The van der Waals surface area contributed by atoms with Gasteiger partial charge in [-0.1, -0.05) is 79.2 Å². The molecule has 3 heteroatoms. The molecule has 2 aromatic rings. The van der Waals surface area contributed by atoms with Gasteiger partial charge in [0.15, 0.2) is 0 Å². The number of rotatable bonds is 3. The molecule has 0 aliphatic heterocycles. The number of hydrogen-bond acceptors (Lipinski definition) is 2. The van der Waals surface area contributed by atoms with Crippen LogP contribution in [0, 0.1) is 5.41 Å². The van der Waals surface area contributed by atoms with Gasteiger partial charge in [-0.25, -0.2) is 0 Å². The molecule has 0 fully saturated rings. The lowest BCUT2D eigenvalue weighted by molar-refractivity contribution is 0.0598. The van der Waals surface area contributed by atoms with Crippen LogP contribution in [0.25, 0.3) is 0 Å². The molecular formula is C18H21BrO2. The van der Waals surface area contributed by atoms with E-state index in [0.29, 0.717) is 0 Å². The maximum atomic E-state index is 10.7. The van der Waals surface area contributed by atoms with Crippen LogP contribution < -0.4 is 0 Å². The summed E-state index contributed by atoms with van der Waals surface area (Å²) >= 11 is 3.47. The van der Waals surface area contributed by atoms with E-state index in [9.17, 15) is 10.2 Å². The highest BCUT2D eigenvalue weighted by molar-refractivity contribution is 9.10. The van der Waals surface area contributed by atoms with Crippen molar-refractivity contribution in [2.45, 2.75) is 33.0 Å². The smallest absolute Gasteiger partial charge is 0.105 e. The number of aliphatic hydroxyl groups excluding tert-OH is 2. The maximum absolute atomic E-state index is 10.7. The largest absolute Gasteiger partial charge is 0.388 e. The zero-order valence-electron chi connectivity index (χ0n) is 12.5. The summed E-state index contributed by atoms with van der Waals surface area (Å²) in [4.78, 5) is 0. The van der Waals surface area contributed by atoms with Crippen LogP contribution in [0.2, 0.25) is 0 Å². The second-order valence-corrected chi connectivity index (χ2v) is 7.18. The van der Waals surface area contributed by atoms with Crippen molar-refractivity contribution in [3.05, 3.63) is 69.7 Å². The van der Waals surface area contributed by atoms with E-state index in [1.54, 1.807) is 0 Å². The van der Waals surface area contributed by atoms with Gasteiger partial charge in [0.2, 0.25) is 0 Å². The van der Waals surface area contributed by atoms with Crippen molar-refractivity contribution >= 4 is 15.9 Å². The summed E-state index contributed by atoms with van der Waals surface area (Å²) in [7, 11) is 0. The fourth-order valence-electron chi connectivity index (χ4n) is 2.34. The molecule has 2 atom stereocenters. The van der Waals surface area contributed by atoms with Crippen molar-refractivity contribution in [2.75, 3.05) is 0 Å². The molecule has 2 nitrogen and oxygen atoms in total. The number of hydrogen-bond donors (Lipinski definition) is 2. The Kier molecular flexibility index (Phi) is 4.87. The van der Waals surface area contributed by atoms with Crippen LogP contribution in [0.4, 0.5) is 0 Å². The van der Waals surface area contributed by atoms with Crippen molar-refractivity contribution in [1.29, 1.82) is 0 Å². The van der Waals surface area contributed by atoms with E-state index < -0.39 is 12.2 Å². The van der Waals surface area contributed by atoms with Gasteiger partial charge in [-0.2, -0.15) is 0 Å². The van der Waals surface area contributed by atoms with Gasteiger partial charge in [0.1, 0.15) is 6.10 Å². The summed E-state index contributed by atoms with van der Waals surface area (Å²) in [6, 6.07) is 15.1. The van der Waals surface area contributed by atoms with Crippen molar-refractivity contribution in [3.8, 4) is 0 Å². The minimum absolute atomic E-state index is 0.288. The summed E-state index contributed by atoms with van der Waals surface area (Å²) in [6.45, 7) is 5.96. The molecule has 0 heterocycles. The monoisotopic (exact) mass is 348 g/mol. The third kappa shape index (κ3) is 3.54. The summed E-state index contributed by atoms with van der Waals surface area (Å²) in [6.07, 6.45) is -1.40. The Bertz CT molecular complexity index is 617. The van der Waals surface area contributed by atoms with Gasteiger partial charge < -0.3 is 10.2 Å². The fourth-order valence-corrected chi connectivity index (χ4v) is 2.84. The molecule has 0 bridgehead atoms. The van der Waals surface area contributed by atoms with E-state index in [2.05, 4.69) is 15.9 Å². The van der Waals surface area contributed by atoms with E-state index in [-0.39, 0.29) is 5.41 Å². The van der Waals surface area contributed by atoms with E-state index >= 15 is 0 Å². The normalized spacial score (nSPS) is 14.8. The quantitative estimate of drug-likeness (QED) is 0.850. The maximum Gasteiger partial charge on any atom is 0.105 e. The molecule has 0 saturated carbocycles. The highest BCUT2D eigenvalue weighted by atomic mass is 79.9. The second kappa shape index (κ2) is 6.30. The van der Waals surface area contributed by atoms with Crippen LogP contribution in [0.3, 0.4) is 0 Å². The summed E-state index contributed by atoms with van der Waals surface area (Å²) in [5, 5.41) is 21.3. The van der Waals surface area contributed by atoms with Gasteiger partial charge >= 0.3 is 0 Å². The van der Waals surface area contributed by atoms with Gasteiger partial charge in [-0.05, 0) is 28.2 Å². The summed E-state index contributed by atoms with van der Waals surface area (Å²) < 4.78 is 0.859. The molecular weight excluding hydrogens is 328 g/mol. The Morgan fingerprint density at radius 3 is 1.81 bits per heavy atom. The van der Waals surface area contributed by atoms with Gasteiger partial charge in [0.05, 0.1) is 6.10 Å². The molecule has 0 aromatic heterocycles. The second-order valence-electron chi connectivity index (χ2n) is 6.32. The summed E-state index contributed by atoms with van der Waals surface area (Å²) in [5.74, 6) is 0. The standard InChI is InChI=1S/C18H21BrO2/c1-18(2,3)17(21)13-9-5-4-8-12(13)16(20)14-10-6-7-11-15(14)19/h4-11,16-17,20-21H,1-3H3/t16-,17-/m1/s1. The molecule has 2 N–H and O–H groups in total. The van der Waals surface area contributed by atoms with Crippen molar-refractivity contribution < 1.29 is 10.2 Å². The molecule has 0 saturated heterocycles. The van der Waals surface area contributed by atoms with E-state index in [1.807, 2.05) is 69.3 Å². The Labute approximate surface area is 134 Å². The van der Waals surface area contributed by atoms with Crippen LogP contribution in [-0.2, 0) is 0 Å². The SMILES string of the molecule is CC(C)(C)[C@H](O)c1ccccc1[C@@H](O)c1ccccc1Br. The third-order valence-electron chi connectivity index (χ3n) is 3.61. The Morgan fingerprint density at radius 1 is 0.810 bits per heavy atom. The Hall–Kier alpha value is -1.16. The van der Waals surface area contributed by atoms with Crippen LogP contribution in [0.1, 0.15) is 49.7 Å². The van der Waals surface area contributed by atoms with E-state index in [1.165, 1.54) is 0 Å². The molecule has 112 valence electrons. The molecule has 0 unspecified atom stereocenters. The van der Waals surface area contributed by atoms with Crippen molar-refractivity contribution in [1.82, 2.24) is 0 Å². The molecule has 0 radical (unpaired) electrons. The Morgan fingerprint density at radius 2 is 1.29 bits per heavy atom. The van der Waals surface area contributed by atoms with Gasteiger partial charge in [-0.3, -0.25) is 0 Å². The predicted octanol–water partition coefficient (Wildman–Crippen LogP) is 4.61. The first-order valence-corrected chi connectivity index (χ1v) is 7.81. The average molecular weight is 349 g/mol. The summed E-state index contributed by atoms with van der Waals surface area (Å²) in [5.41, 5.74) is 2.02. The molecule has 2 aromatic carbocycles. The first kappa shape index (κ1) is 16.2. The lowest BCUT2D eigenvalue weighted by atomic mass is 9.81. The topological polar surface area (TPSA) is 40.5 Å². The lowest BCUT2D eigenvalue weighted by Gasteiger charge is -2.29. The van der Waals surface area contributed by atoms with Crippen LogP contribution >= 0.6 is 15.9 Å². The van der Waals surface area contributed by atoms with Crippen LogP contribution in [0.5, 0.6) is 0 Å². The number of halogens is 1. The number of benzene rings is 2. The molecule has 21 heavy (non-hydrogen) atoms. The molecule has 0 aliphatic rings. The first-order chi connectivity index (χ1) is 9.82.